The molecule has 1 aromatic rings. The van der Waals surface area contributed by atoms with Gasteiger partial charge in [0, 0.05) is 18.0 Å². The number of hydrogen-bond donors (Lipinski definition) is 2. The zero-order valence-electron chi connectivity index (χ0n) is 13.0. The van der Waals surface area contributed by atoms with E-state index < -0.39 is 0 Å². The average molecular weight is 260 g/mol. The van der Waals surface area contributed by atoms with E-state index >= 15 is 0 Å². The lowest BCUT2D eigenvalue weighted by molar-refractivity contribution is 0.391. The summed E-state index contributed by atoms with van der Waals surface area (Å²) in [6.45, 7) is 9.98. The van der Waals surface area contributed by atoms with Crippen molar-refractivity contribution in [1.29, 1.82) is 0 Å². The normalized spacial score (nSPS) is 19.3. The molecule has 1 aliphatic rings. The van der Waals surface area contributed by atoms with E-state index in [1.165, 1.54) is 29.5 Å². The smallest absolute Gasteiger partial charge is 0.0366 e. The van der Waals surface area contributed by atoms with E-state index in [-0.39, 0.29) is 11.5 Å². The van der Waals surface area contributed by atoms with Crippen molar-refractivity contribution in [3.63, 3.8) is 0 Å². The highest BCUT2D eigenvalue weighted by Crippen LogP contribution is 2.53. The van der Waals surface area contributed by atoms with E-state index in [1.54, 1.807) is 0 Å². The van der Waals surface area contributed by atoms with Crippen LogP contribution in [0.3, 0.4) is 0 Å². The van der Waals surface area contributed by atoms with E-state index in [0.29, 0.717) is 5.41 Å². The van der Waals surface area contributed by atoms with Crippen LogP contribution in [-0.2, 0) is 5.41 Å². The minimum atomic E-state index is 0.161. The molecule has 1 aromatic carbocycles. The molecule has 0 aliphatic heterocycles. The second-order valence-electron chi connectivity index (χ2n) is 7.19. The molecule has 0 bridgehead atoms. The summed E-state index contributed by atoms with van der Waals surface area (Å²) in [4.78, 5) is 0. The number of benzene rings is 1. The Kier molecular flexibility index (Phi) is 3.76. The fourth-order valence-corrected chi connectivity index (χ4v) is 2.93. The van der Waals surface area contributed by atoms with Gasteiger partial charge in [0.15, 0.2) is 0 Å². The van der Waals surface area contributed by atoms with Gasteiger partial charge in [0.25, 0.3) is 0 Å². The third kappa shape index (κ3) is 2.85. The van der Waals surface area contributed by atoms with Crippen molar-refractivity contribution >= 4 is 0 Å². The standard InChI is InChI=1S/C17H28N2/c1-12-10-13(16(2,3)4)6-7-14(12)15(18)17(8-9-17)11-19-5/h6-7,10,15,19H,8-9,11,18H2,1-5H3. The summed E-state index contributed by atoms with van der Waals surface area (Å²) in [5.41, 5.74) is 11.1. The molecule has 1 fully saturated rings. The lowest BCUT2D eigenvalue weighted by Gasteiger charge is -2.27. The molecule has 19 heavy (non-hydrogen) atoms. The Morgan fingerprint density at radius 3 is 2.37 bits per heavy atom. The van der Waals surface area contributed by atoms with Crippen molar-refractivity contribution in [3.05, 3.63) is 34.9 Å². The fourth-order valence-electron chi connectivity index (χ4n) is 2.93. The van der Waals surface area contributed by atoms with Crippen LogP contribution >= 0.6 is 0 Å². The fraction of sp³-hybridized carbons (Fsp3) is 0.647. The monoisotopic (exact) mass is 260 g/mol. The minimum Gasteiger partial charge on any atom is -0.323 e. The SMILES string of the molecule is CNCC1(C(N)c2ccc(C(C)(C)C)cc2C)CC1. The molecule has 2 rings (SSSR count). The van der Waals surface area contributed by atoms with Gasteiger partial charge < -0.3 is 11.1 Å². The Morgan fingerprint density at radius 2 is 1.95 bits per heavy atom. The quantitative estimate of drug-likeness (QED) is 0.872. The molecule has 0 amide bonds. The van der Waals surface area contributed by atoms with Gasteiger partial charge >= 0.3 is 0 Å². The van der Waals surface area contributed by atoms with Gasteiger partial charge in [-0.15, -0.1) is 0 Å². The lowest BCUT2D eigenvalue weighted by atomic mass is 9.82. The van der Waals surface area contributed by atoms with Crippen LogP contribution in [0.4, 0.5) is 0 Å². The third-order valence-electron chi connectivity index (χ3n) is 4.55. The maximum Gasteiger partial charge on any atom is 0.0366 e. The van der Waals surface area contributed by atoms with Gasteiger partial charge in [-0.05, 0) is 48.9 Å². The molecule has 0 aromatic heterocycles. The second kappa shape index (κ2) is 4.92. The molecule has 0 radical (unpaired) electrons. The van der Waals surface area contributed by atoms with Crippen LogP contribution in [0.2, 0.25) is 0 Å². The number of nitrogens with one attached hydrogen (secondary N) is 1. The van der Waals surface area contributed by atoms with Gasteiger partial charge in [-0.25, -0.2) is 0 Å². The summed E-state index contributed by atoms with van der Waals surface area (Å²) in [5.74, 6) is 0. The maximum atomic E-state index is 6.54. The molecule has 0 heterocycles. The predicted molar refractivity (Wildman–Crippen MR) is 82.4 cm³/mol. The highest BCUT2D eigenvalue weighted by molar-refractivity contribution is 5.37. The zero-order valence-corrected chi connectivity index (χ0v) is 13.0. The average Bonchev–Trinajstić information content (AvgIpc) is 3.08. The van der Waals surface area contributed by atoms with Crippen LogP contribution in [0.5, 0.6) is 0 Å². The van der Waals surface area contributed by atoms with Crippen LogP contribution in [0.25, 0.3) is 0 Å². The molecular formula is C17H28N2. The molecular weight excluding hydrogens is 232 g/mol. The highest BCUT2D eigenvalue weighted by Gasteiger charge is 2.48. The number of hydrogen-bond acceptors (Lipinski definition) is 2. The van der Waals surface area contributed by atoms with Gasteiger partial charge in [-0.2, -0.15) is 0 Å². The summed E-state index contributed by atoms with van der Waals surface area (Å²) < 4.78 is 0. The van der Waals surface area contributed by atoms with E-state index in [4.69, 9.17) is 5.73 Å². The number of rotatable bonds is 4. The molecule has 1 saturated carbocycles. The summed E-state index contributed by atoms with van der Waals surface area (Å²) in [5, 5.41) is 3.30. The van der Waals surface area contributed by atoms with Gasteiger partial charge in [-0.1, -0.05) is 39.0 Å². The first-order chi connectivity index (χ1) is 8.80. The molecule has 2 nitrogen and oxygen atoms in total. The van der Waals surface area contributed by atoms with Crippen LogP contribution in [0, 0.1) is 12.3 Å². The van der Waals surface area contributed by atoms with Gasteiger partial charge in [0.1, 0.15) is 0 Å². The maximum absolute atomic E-state index is 6.54. The van der Waals surface area contributed by atoms with Gasteiger partial charge in [0.2, 0.25) is 0 Å². The van der Waals surface area contributed by atoms with E-state index in [9.17, 15) is 0 Å². The van der Waals surface area contributed by atoms with Gasteiger partial charge in [0.05, 0.1) is 0 Å². The van der Waals surface area contributed by atoms with Crippen LogP contribution < -0.4 is 11.1 Å². The summed E-state index contributed by atoms with van der Waals surface area (Å²) >= 11 is 0. The van der Waals surface area contributed by atoms with Crippen LogP contribution in [0.1, 0.15) is 56.3 Å². The van der Waals surface area contributed by atoms with Crippen molar-refractivity contribution < 1.29 is 0 Å². The first-order valence-corrected chi connectivity index (χ1v) is 7.31. The summed E-state index contributed by atoms with van der Waals surface area (Å²) in [6, 6.07) is 6.97. The first kappa shape index (κ1) is 14.5. The Labute approximate surface area is 117 Å². The zero-order chi connectivity index (χ0) is 14.3. The van der Waals surface area contributed by atoms with Crippen molar-refractivity contribution in [2.75, 3.05) is 13.6 Å². The molecule has 2 heteroatoms. The van der Waals surface area contributed by atoms with Crippen molar-refractivity contribution in [3.8, 4) is 0 Å². The number of nitrogens with two attached hydrogens (primary N) is 1. The van der Waals surface area contributed by atoms with Gasteiger partial charge in [-0.3, -0.25) is 0 Å². The Balaban J connectivity index is 2.27. The Hall–Kier alpha value is -0.860. The Morgan fingerprint density at radius 1 is 1.32 bits per heavy atom. The third-order valence-corrected chi connectivity index (χ3v) is 4.55. The Bertz CT molecular complexity index is 453. The van der Waals surface area contributed by atoms with E-state index in [1.807, 2.05) is 7.05 Å². The van der Waals surface area contributed by atoms with Crippen molar-refractivity contribution in [1.82, 2.24) is 5.32 Å². The molecule has 1 unspecified atom stereocenters. The summed E-state index contributed by atoms with van der Waals surface area (Å²) in [7, 11) is 2.02. The van der Waals surface area contributed by atoms with E-state index in [0.717, 1.165) is 6.54 Å². The first-order valence-electron chi connectivity index (χ1n) is 7.31. The molecule has 106 valence electrons. The minimum absolute atomic E-state index is 0.161. The highest BCUT2D eigenvalue weighted by atomic mass is 14.9. The molecule has 1 atom stereocenters. The molecule has 0 saturated heterocycles. The summed E-state index contributed by atoms with van der Waals surface area (Å²) in [6.07, 6.45) is 2.49. The lowest BCUT2D eigenvalue weighted by Crippen LogP contribution is -2.32. The number of aryl methyl sites for hydroxylation is 1. The van der Waals surface area contributed by atoms with Crippen LogP contribution in [0.15, 0.2) is 18.2 Å². The topological polar surface area (TPSA) is 38.0 Å². The second-order valence-corrected chi connectivity index (χ2v) is 7.19. The van der Waals surface area contributed by atoms with E-state index in [2.05, 4.69) is 51.2 Å². The molecule has 0 spiro atoms. The largest absolute Gasteiger partial charge is 0.323 e. The molecule has 1 aliphatic carbocycles. The predicted octanol–water partition coefficient (Wildman–Crippen LogP) is 3.29. The van der Waals surface area contributed by atoms with Crippen molar-refractivity contribution in [2.45, 2.75) is 52.0 Å². The van der Waals surface area contributed by atoms with Crippen molar-refractivity contribution in [2.24, 2.45) is 11.1 Å². The molecule has 3 N–H and O–H groups in total. The van der Waals surface area contributed by atoms with Crippen LogP contribution in [-0.4, -0.2) is 13.6 Å².